The summed E-state index contributed by atoms with van der Waals surface area (Å²) in [6.45, 7) is 3.49. The number of nitrogens with zero attached hydrogens (tertiary/aromatic N) is 1. The lowest BCUT2D eigenvalue weighted by Crippen LogP contribution is -2.30. The lowest BCUT2D eigenvalue weighted by molar-refractivity contribution is -0.131. The molecule has 29 heavy (non-hydrogen) atoms. The molecule has 1 fully saturated rings. The molecule has 0 saturated carbocycles. The van der Waals surface area contributed by atoms with Crippen molar-refractivity contribution in [1.82, 2.24) is 4.90 Å². The van der Waals surface area contributed by atoms with Crippen LogP contribution in [0.1, 0.15) is 55.5 Å². The third-order valence-corrected chi connectivity index (χ3v) is 6.43. The number of carbonyl (C=O) groups is 1. The maximum atomic E-state index is 12.8. The van der Waals surface area contributed by atoms with Crippen molar-refractivity contribution in [2.45, 2.75) is 51.0 Å². The van der Waals surface area contributed by atoms with Crippen LogP contribution >= 0.6 is 11.8 Å². The molecule has 1 amide bonds. The van der Waals surface area contributed by atoms with Gasteiger partial charge in [0.1, 0.15) is 12.0 Å². The van der Waals surface area contributed by atoms with Crippen LogP contribution in [-0.2, 0) is 11.4 Å². The van der Waals surface area contributed by atoms with Gasteiger partial charge in [0.2, 0.25) is 5.91 Å². The van der Waals surface area contributed by atoms with E-state index < -0.39 is 0 Å². The summed E-state index contributed by atoms with van der Waals surface area (Å²) in [6, 6.07) is 16.1. The second-order valence-electron chi connectivity index (χ2n) is 7.31. The van der Waals surface area contributed by atoms with Gasteiger partial charge in [-0.2, -0.15) is 0 Å². The zero-order chi connectivity index (χ0) is 20.5. The van der Waals surface area contributed by atoms with Gasteiger partial charge < -0.3 is 14.4 Å². The molecule has 1 saturated heterocycles. The molecular formula is C24H31NO3S. The van der Waals surface area contributed by atoms with E-state index in [4.69, 9.17) is 9.47 Å². The first-order chi connectivity index (χ1) is 14.2. The molecule has 0 aromatic heterocycles. The zero-order valence-electron chi connectivity index (χ0n) is 17.4. The maximum Gasteiger partial charge on any atom is 0.223 e. The van der Waals surface area contributed by atoms with Gasteiger partial charge >= 0.3 is 0 Å². The number of unbranched alkanes of at least 4 members (excludes halogenated alkanes) is 3. The van der Waals surface area contributed by atoms with Gasteiger partial charge in [0.25, 0.3) is 0 Å². The Morgan fingerprint density at radius 3 is 2.69 bits per heavy atom. The van der Waals surface area contributed by atoms with Crippen LogP contribution in [0.15, 0.2) is 48.5 Å². The van der Waals surface area contributed by atoms with Crippen LogP contribution in [0, 0.1) is 0 Å². The summed E-state index contributed by atoms with van der Waals surface area (Å²) in [7, 11) is 1.65. The van der Waals surface area contributed by atoms with Crippen LogP contribution in [-0.4, -0.2) is 30.2 Å². The summed E-state index contributed by atoms with van der Waals surface area (Å²) >= 11 is 1.82. The normalized spacial score (nSPS) is 16.1. The second kappa shape index (κ2) is 11.1. The topological polar surface area (TPSA) is 38.8 Å². The lowest BCUT2D eigenvalue weighted by Gasteiger charge is -2.25. The fourth-order valence-corrected chi connectivity index (χ4v) is 4.81. The van der Waals surface area contributed by atoms with Crippen molar-refractivity contribution in [3.05, 3.63) is 59.7 Å². The molecule has 1 atom stereocenters. The highest BCUT2D eigenvalue weighted by molar-refractivity contribution is 7.99. The van der Waals surface area contributed by atoms with E-state index >= 15 is 0 Å². The quantitative estimate of drug-likeness (QED) is 0.460. The van der Waals surface area contributed by atoms with Crippen molar-refractivity contribution >= 4 is 17.7 Å². The van der Waals surface area contributed by atoms with E-state index in [9.17, 15) is 4.79 Å². The van der Waals surface area contributed by atoms with Crippen LogP contribution in [0.5, 0.6) is 11.5 Å². The first-order valence-corrected chi connectivity index (χ1v) is 11.5. The Kier molecular flexibility index (Phi) is 8.29. The molecular weight excluding hydrogens is 382 g/mol. The minimum Gasteiger partial charge on any atom is -0.493 e. The van der Waals surface area contributed by atoms with Crippen molar-refractivity contribution in [3.8, 4) is 11.5 Å². The number of carbonyl (C=O) groups excluding carboxylic acids is 1. The summed E-state index contributed by atoms with van der Waals surface area (Å²) in [5.74, 6) is 2.66. The molecule has 5 heteroatoms. The van der Waals surface area contributed by atoms with E-state index in [0.29, 0.717) is 18.8 Å². The third kappa shape index (κ3) is 5.92. The monoisotopic (exact) mass is 413 g/mol. The fraction of sp³-hybridized carbons (Fsp3) is 0.458. The molecule has 0 bridgehead atoms. The smallest absolute Gasteiger partial charge is 0.223 e. The Balaban J connectivity index is 1.69. The number of ether oxygens (including phenoxy) is 2. The molecule has 1 aliphatic heterocycles. The van der Waals surface area contributed by atoms with Crippen LogP contribution in [0.4, 0.5) is 0 Å². The summed E-state index contributed by atoms with van der Waals surface area (Å²) in [5, 5.41) is 0.0543. The van der Waals surface area contributed by atoms with Gasteiger partial charge in [-0.25, -0.2) is 0 Å². The lowest BCUT2D eigenvalue weighted by atomic mass is 10.1. The summed E-state index contributed by atoms with van der Waals surface area (Å²) < 4.78 is 11.6. The molecule has 4 nitrogen and oxygen atoms in total. The fourth-order valence-electron chi connectivity index (χ4n) is 3.54. The summed E-state index contributed by atoms with van der Waals surface area (Å²) in [4.78, 5) is 14.8. The summed E-state index contributed by atoms with van der Waals surface area (Å²) in [5.41, 5.74) is 2.21. The third-order valence-electron chi connectivity index (χ3n) is 5.17. The van der Waals surface area contributed by atoms with Crippen molar-refractivity contribution in [1.29, 1.82) is 0 Å². The average Bonchev–Trinajstić information content (AvgIpc) is 3.26. The molecule has 1 aliphatic rings. The highest BCUT2D eigenvalue weighted by atomic mass is 32.2. The van der Waals surface area contributed by atoms with Crippen LogP contribution in [0.2, 0.25) is 0 Å². The first kappa shape index (κ1) is 21.6. The Morgan fingerprint density at radius 1 is 1.10 bits per heavy atom. The predicted octanol–water partition coefficient (Wildman–Crippen LogP) is 5.82. The number of hydrogen-bond donors (Lipinski definition) is 0. The van der Waals surface area contributed by atoms with Gasteiger partial charge in [0.15, 0.2) is 11.5 Å². The number of hydrogen-bond acceptors (Lipinski definition) is 4. The van der Waals surface area contributed by atoms with Crippen molar-refractivity contribution in [3.63, 3.8) is 0 Å². The van der Waals surface area contributed by atoms with Gasteiger partial charge in [0, 0.05) is 18.7 Å². The van der Waals surface area contributed by atoms with E-state index in [1.807, 2.05) is 59.1 Å². The number of amides is 1. The molecule has 1 heterocycles. The van der Waals surface area contributed by atoms with E-state index in [2.05, 4.69) is 13.0 Å². The van der Waals surface area contributed by atoms with E-state index in [1.165, 1.54) is 12.8 Å². The van der Waals surface area contributed by atoms with Gasteiger partial charge in [-0.15, -0.1) is 11.8 Å². The second-order valence-corrected chi connectivity index (χ2v) is 8.49. The molecule has 0 aliphatic carbocycles. The van der Waals surface area contributed by atoms with E-state index in [-0.39, 0.29) is 11.3 Å². The van der Waals surface area contributed by atoms with Gasteiger partial charge in [-0.3, -0.25) is 4.79 Å². The Morgan fingerprint density at radius 2 is 1.93 bits per heavy atom. The highest BCUT2D eigenvalue weighted by Gasteiger charge is 2.30. The summed E-state index contributed by atoms with van der Waals surface area (Å²) in [6.07, 6.45) is 5.15. The predicted molar refractivity (Wildman–Crippen MR) is 119 cm³/mol. The number of rotatable bonds is 10. The minimum absolute atomic E-state index is 0.0543. The number of methoxy groups -OCH3 is 1. The molecule has 2 aromatic carbocycles. The van der Waals surface area contributed by atoms with Crippen molar-refractivity contribution < 1.29 is 14.3 Å². The van der Waals surface area contributed by atoms with Gasteiger partial charge in [-0.1, -0.05) is 62.6 Å². The van der Waals surface area contributed by atoms with Gasteiger partial charge in [0.05, 0.1) is 7.11 Å². The highest BCUT2D eigenvalue weighted by Crippen LogP contribution is 2.41. The van der Waals surface area contributed by atoms with E-state index in [0.717, 1.165) is 42.0 Å². The van der Waals surface area contributed by atoms with Gasteiger partial charge in [-0.05, 0) is 29.7 Å². The molecule has 156 valence electrons. The Labute approximate surface area is 178 Å². The Bertz CT molecular complexity index is 781. The average molecular weight is 414 g/mol. The van der Waals surface area contributed by atoms with Crippen LogP contribution in [0.3, 0.4) is 0 Å². The molecule has 0 radical (unpaired) electrons. The minimum atomic E-state index is 0.0543. The molecule has 3 rings (SSSR count). The van der Waals surface area contributed by atoms with Crippen LogP contribution in [0.25, 0.3) is 0 Å². The molecule has 2 aromatic rings. The first-order valence-electron chi connectivity index (χ1n) is 10.5. The molecule has 0 spiro atoms. The maximum absolute atomic E-state index is 12.8. The largest absolute Gasteiger partial charge is 0.493 e. The number of benzene rings is 2. The molecule has 0 N–H and O–H groups in total. The SMILES string of the molecule is CCCCCCC(=O)N1CCS[C@@H]1c1ccc(OC)c(OCc2ccccc2)c1. The van der Waals surface area contributed by atoms with Crippen molar-refractivity contribution in [2.75, 3.05) is 19.4 Å². The standard InChI is InChI=1S/C24H31NO3S/c1-3-4-5-9-12-23(26)25-15-16-29-24(25)20-13-14-21(27-2)22(17-20)28-18-19-10-7-6-8-11-19/h6-8,10-11,13-14,17,24H,3-5,9,12,15-16,18H2,1-2H3/t24-/m1/s1. The van der Waals surface area contributed by atoms with Crippen LogP contribution < -0.4 is 9.47 Å². The number of thioether (sulfide) groups is 1. The zero-order valence-corrected chi connectivity index (χ0v) is 18.2. The van der Waals surface area contributed by atoms with Crippen molar-refractivity contribution in [2.24, 2.45) is 0 Å². The van der Waals surface area contributed by atoms with E-state index in [1.54, 1.807) is 7.11 Å². The Hall–Kier alpha value is -2.14. The molecule has 0 unspecified atom stereocenters.